The van der Waals surface area contributed by atoms with Crippen molar-refractivity contribution in [1.29, 1.82) is 0 Å². The molecule has 1 heterocycles. The van der Waals surface area contributed by atoms with Gasteiger partial charge in [0.05, 0.1) is 5.38 Å². The molecule has 2 unspecified atom stereocenters. The number of aldehydes is 1. The van der Waals surface area contributed by atoms with Gasteiger partial charge >= 0.3 is 6.09 Å². The fraction of sp³-hybridized carbons (Fsp3) is 0.467. The number of hydrogen-bond acceptors (Lipinski definition) is 3. The number of ether oxygens (including phenoxy) is 1. The highest BCUT2D eigenvalue weighted by Gasteiger charge is 2.28. The molecule has 0 saturated carbocycles. The van der Waals surface area contributed by atoms with Crippen molar-refractivity contribution in [2.45, 2.75) is 24.8 Å². The van der Waals surface area contributed by atoms with E-state index in [0.717, 1.165) is 24.7 Å². The van der Waals surface area contributed by atoms with Gasteiger partial charge in [0, 0.05) is 13.1 Å². The van der Waals surface area contributed by atoms with Crippen molar-refractivity contribution in [3.8, 4) is 0 Å². The van der Waals surface area contributed by atoms with Gasteiger partial charge < -0.3 is 14.4 Å². The Bertz CT molecular complexity index is 452. The number of carbonyl (C=O) groups is 2. The summed E-state index contributed by atoms with van der Waals surface area (Å²) in [5.41, 5.74) is 0.956. The van der Waals surface area contributed by atoms with Crippen molar-refractivity contribution in [2.75, 3.05) is 13.1 Å². The third kappa shape index (κ3) is 3.97. The molecule has 0 bridgehead atoms. The Kier molecular flexibility index (Phi) is 5.41. The van der Waals surface area contributed by atoms with Crippen LogP contribution in [0.25, 0.3) is 0 Å². The van der Waals surface area contributed by atoms with Crippen LogP contribution in [0.3, 0.4) is 0 Å². The van der Waals surface area contributed by atoms with E-state index in [4.69, 9.17) is 16.3 Å². The Hall–Kier alpha value is -1.55. The zero-order valence-corrected chi connectivity index (χ0v) is 12.0. The van der Waals surface area contributed by atoms with E-state index in [1.54, 1.807) is 4.90 Å². The van der Waals surface area contributed by atoms with E-state index in [2.05, 4.69) is 0 Å². The largest absolute Gasteiger partial charge is 0.445 e. The fourth-order valence-electron chi connectivity index (χ4n) is 2.36. The number of likely N-dealkylation sites (tertiary alicyclic amines) is 1. The summed E-state index contributed by atoms with van der Waals surface area (Å²) in [5, 5.41) is -0.528. The Morgan fingerprint density at radius 3 is 2.90 bits per heavy atom. The first kappa shape index (κ1) is 14.9. The lowest BCUT2D eigenvalue weighted by molar-refractivity contribution is -0.108. The molecule has 1 saturated heterocycles. The maximum atomic E-state index is 12.0. The predicted molar refractivity (Wildman–Crippen MR) is 76.6 cm³/mol. The van der Waals surface area contributed by atoms with Gasteiger partial charge in [-0.2, -0.15) is 0 Å². The molecule has 1 aliphatic rings. The summed E-state index contributed by atoms with van der Waals surface area (Å²) in [7, 11) is 0. The molecule has 1 aromatic rings. The van der Waals surface area contributed by atoms with Crippen molar-refractivity contribution >= 4 is 24.0 Å². The normalized spacial score (nSPS) is 20.2. The maximum absolute atomic E-state index is 12.0. The fourth-order valence-corrected chi connectivity index (χ4v) is 2.56. The molecule has 1 fully saturated rings. The summed E-state index contributed by atoms with van der Waals surface area (Å²) in [5.74, 6) is 0.0205. The molecule has 0 aromatic heterocycles. The standard InChI is InChI=1S/C15H18ClNO3/c16-14(10-18)13-7-4-8-17(9-13)15(19)20-11-12-5-2-1-3-6-12/h1-3,5-6,10,13-14H,4,7-9,11H2. The number of piperidine rings is 1. The molecule has 4 nitrogen and oxygen atoms in total. The highest BCUT2D eigenvalue weighted by molar-refractivity contribution is 6.27. The Morgan fingerprint density at radius 1 is 1.45 bits per heavy atom. The first-order valence-corrected chi connectivity index (χ1v) is 7.19. The number of halogens is 1. The molecule has 0 spiro atoms. The average Bonchev–Trinajstić information content (AvgIpc) is 2.53. The second-order valence-corrected chi connectivity index (χ2v) is 5.47. The van der Waals surface area contributed by atoms with Crippen LogP contribution in [0.2, 0.25) is 0 Å². The Balaban J connectivity index is 1.84. The monoisotopic (exact) mass is 295 g/mol. The quantitative estimate of drug-likeness (QED) is 0.634. The van der Waals surface area contributed by atoms with Crippen LogP contribution in [0.5, 0.6) is 0 Å². The topological polar surface area (TPSA) is 46.6 Å². The van der Waals surface area contributed by atoms with Crippen LogP contribution >= 0.6 is 11.6 Å². The lowest BCUT2D eigenvalue weighted by atomic mass is 9.95. The van der Waals surface area contributed by atoms with Gasteiger partial charge in [0.25, 0.3) is 0 Å². The molecule has 1 aromatic carbocycles. The number of rotatable bonds is 4. The minimum absolute atomic E-state index is 0.0205. The average molecular weight is 296 g/mol. The third-order valence-corrected chi connectivity index (χ3v) is 3.96. The van der Waals surface area contributed by atoms with Crippen molar-refractivity contribution < 1.29 is 14.3 Å². The van der Waals surface area contributed by atoms with Gasteiger partial charge in [-0.15, -0.1) is 11.6 Å². The summed E-state index contributed by atoms with van der Waals surface area (Å²) < 4.78 is 5.28. The molecule has 2 rings (SSSR count). The number of carbonyl (C=O) groups excluding carboxylic acids is 2. The summed E-state index contributed by atoms with van der Waals surface area (Å²) in [4.78, 5) is 24.4. The number of amides is 1. The van der Waals surface area contributed by atoms with E-state index in [0.29, 0.717) is 13.1 Å². The molecular formula is C15H18ClNO3. The van der Waals surface area contributed by atoms with Crippen LogP contribution in [-0.2, 0) is 16.1 Å². The molecule has 5 heteroatoms. The van der Waals surface area contributed by atoms with E-state index in [1.165, 1.54) is 0 Å². The SMILES string of the molecule is O=CC(Cl)C1CCCN(C(=O)OCc2ccccc2)C1. The van der Waals surface area contributed by atoms with Crippen LogP contribution in [0.1, 0.15) is 18.4 Å². The maximum Gasteiger partial charge on any atom is 0.410 e. The second-order valence-electron chi connectivity index (χ2n) is 4.97. The van der Waals surface area contributed by atoms with E-state index in [1.807, 2.05) is 30.3 Å². The molecule has 0 aliphatic carbocycles. The minimum atomic E-state index is -0.528. The van der Waals surface area contributed by atoms with Gasteiger partial charge in [0.2, 0.25) is 0 Å². The van der Waals surface area contributed by atoms with Crippen LogP contribution in [0.15, 0.2) is 30.3 Å². The van der Waals surface area contributed by atoms with E-state index >= 15 is 0 Å². The van der Waals surface area contributed by atoms with Crippen molar-refractivity contribution in [2.24, 2.45) is 5.92 Å². The molecule has 20 heavy (non-hydrogen) atoms. The lowest BCUT2D eigenvalue weighted by Gasteiger charge is -2.32. The highest BCUT2D eigenvalue weighted by Crippen LogP contribution is 2.22. The molecule has 2 atom stereocenters. The van der Waals surface area contributed by atoms with Crippen LogP contribution in [-0.4, -0.2) is 35.7 Å². The molecule has 0 radical (unpaired) electrons. The summed E-state index contributed by atoms with van der Waals surface area (Å²) in [6, 6.07) is 9.55. The van der Waals surface area contributed by atoms with Crippen molar-refractivity contribution in [3.63, 3.8) is 0 Å². The summed E-state index contributed by atoms with van der Waals surface area (Å²) in [6.45, 7) is 1.41. The van der Waals surface area contributed by atoms with E-state index in [9.17, 15) is 9.59 Å². The number of hydrogen-bond donors (Lipinski definition) is 0. The second kappa shape index (κ2) is 7.29. The van der Waals surface area contributed by atoms with Crippen molar-refractivity contribution in [3.05, 3.63) is 35.9 Å². The Morgan fingerprint density at radius 2 is 2.20 bits per heavy atom. The summed E-state index contributed by atoms with van der Waals surface area (Å²) >= 11 is 5.94. The Labute approximate surface area is 123 Å². The zero-order valence-electron chi connectivity index (χ0n) is 11.2. The first-order chi connectivity index (χ1) is 9.70. The number of benzene rings is 1. The number of nitrogens with zero attached hydrogens (tertiary/aromatic N) is 1. The van der Waals surface area contributed by atoms with Crippen molar-refractivity contribution in [1.82, 2.24) is 4.90 Å². The predicted octanol–water partition coefficient (Wildman–Crippen LogP) is 2.84. The number of alkyl halides is 1. The smallest absolute Gasteiger partial charge is 0.410 e. The minimum Gasteiger partial charge on any atom is -0.445 e. The highest BCUT2D eigenvalue weighted by atomic mass is 35.5. The van der Waals surface area contributed by atoms with Crippen LogP contribution < -0.4 is 0 Å². The van der Waals surface area contributed by atoms with Gasteiger partial charge in [0.15, 0.2) is 0 Å². The van der Waals surface area contributed by atoms with Crippen LogP contribution in [0.4, 0.5) is 4.79 Å². The molecular weight excluding hydrogens is 278 g/mol. The van der Waals surface area contributed by atoms with Crippen LogP contribution in [0, 0.1) is 5.92 Å². The first-order valence-electron chi connectivity index (χ1n) is 6.75. The molecule has 1 aliphatic heterocycles. The molecule has 0 N–H and O–H groups in total. The van der Waals surface area contributed by atoms with Gasteiger partial charge in [-0.25, -0.2) is 4.79 Å². The molecule has 108 valence electrons. The lowest BCUT2D eigenvalue weighted by Crippen LogP contribution is -2.43. The third-order valence-electron chi connectivity index (χ3n) is 3.50. The van der Waals surface area contributed by atoms with Gasteiger partial charge in [-0.1, -0.05) is 30.3 Å². The summed E-state index contributed by atoms with van der Waals surface area (Å²) in [6.07, 6.45) is 2.12. The van der Waals surface area contributed by atoms with Gasteiger partial charge in [-0.05, 0) is 24.3 Å². The van der Waals surface area contributed by atoms with Gasteiger partial charge in [-0.3, -0.25) is 0 Å². The van der Waals surface area contributed by atoms with E-state index < -0.39 is 5.38 Å². The zero-order chi connectivity index (χ0) is 14.4. The molecule has 1 amide bonds. The van der Waals surface area contributed by atoms with E-state index in [-0.39, 0.29) is 18.6 Å². The van der Waals surface area contributed by atoms with Gasteiger partial charge in [0.1, 0.15) is 12.9 Å².